The molecule has 5 aromatic carbocycles. The van der Waals surface area contributed by atoms with Crippen LogP contribution in [0.15, 0.2) is 99.9 Å². The molecule has 5 unspecified atom stereocenters. The zero-order valence-corrected chi connectivity index (χ0v) is 71.9. The van der Waals surface area contributed by atoms with Crippen molar-refractivity contribution in [3.05, 3.63) is 143 Å². The number of anilines is 5. The molecule has 5 fully saturated rings. The molecule has 610 valence electrons. The monoisotopic (exact) mass is 1860 g/mol. The molecular formula is C70H90Br2Cl5F3N10O15S5. The molecule has 0 saturated carbocycles. The van der Waals surface area contributed by atoms with E-state index in [0.717, 1.165) is 16.6 Å². The maximum Gasteiger partial charge on any atom is 0.228 e. The smallest absolute Gasteiger partial charge is 0.228 e. The number of halogens is 10. The third-order valence-corrected chi connectivity index (χ3v) is 31.2. The van der Waals surface area contributed by atoms with Crippen LogP contribution in [0.5, 0.6) is 0 Å². The van der Waals surface area contributed by atoms with Crippen LogP contribution in [0.3, 0.4) is 0 Å². The van der Waals surface area contributed by atoms with Crippen molar-refractivity contribution in [2.24, 2.45) is 29.6 Å². The van der Waals surface area contributed by atoms with E-state index in [0.29, 0.717) is 144 Å². The van der Waals surface area contributed by atoms with Crippen LogP contribution in [0, 0.1) is 47.0 Å². The number of benzene rings is 5. The molecule has 0 radical (unpaired) electrons. The third kappa shape index (κ3) is 28.3. The lowest BCUT2D eigenvalue weighted by molar-refractivity contribution is -0.121. The Kier molecular flexibility index (Phi) is 37.0. The minimum Gasteiger partial charge on any atom is -0.326 e. The summed E-state index contributed by atoms with van der Waals surface area (Å²) in [7, 11) is -16.4. The van der Waals surface area contributed by atoms with E-state index < -0.39 is 79.4 Å². The average Bonchev–Trinajstić information content (AvgIpc) is 0.841. The molecule has 10 rings (SSSR count). The first kappa shape index (κ1) is 94.1. The third-order valence-electron chi connectivity index (χ3n) is 18.5. The maximum absolute atomic E-state index is 13.1. The largest absolute Gasteiger partial charge is 0.326 e. The van der Waals surface area contributed by atoms with Gasteiger partial charge in [0.1, 0.15) is 5.82 Å². The van der Waals surface area contributed by atoms with Gasteiger partial charge in [0.25, 0.3) is 0 Å². The Balaban J connectivity index is 0.000000215. The van der Waals surface area contributed by atoms with E-state index in [4.69, 9.17) is 58.0 Å². The van der Waals surface area contributed by atoms with E-state index in [1.54, 1.807) is 89.2 Å². The quantitative estimate of drug-likeness (QED) is 0.0483. The number of carbonyl (C=O) groups excluding carboxylic acids is 5. The van der Waals surface area contributed by atoms with Gasteiger partial charge in [0.15, 0.2) is 11.6 Å². The van der Waals surface area contributed by atoms with Crippen LogP contribution in [0.4, 0.5) is 41.6 Å². The molecule has 5 N–H and O–H groups in total. The van der Waals surface area contributed by atoms with E-state index >= 15 is 0 Å². The van der Waals surface area contributed by atoms with Gasteiger partial charge in [0, 0.05) is 109 Å². The molecule has 5 heterocycles. The number of hydrogen-bond donors (Lipinski definition) is 5. The number of rotatable bonds is 20. The van der Waals surface area contributed by atoms with Gasteiger partial charge in [-0.05, 0) is 216 Å². The normalized spacial score (nSPS) is 19.9. The number of nitrogens with one attached hydrogen (secondary N) is 5. The Morgan fingerprint density at radius 1 is 0.327 bits per heavy atom. The lowest BCUT2D eigenvalue weighted by atomic mass is 9.98. The number of hydrogen-bond acceptors (Lipinski definition) is 15. The fourth-order valence-electron chi connectivity index (χ4n) is 12.0. The number of piperidine rings is 5. The molecule has 0 aromatic heterocycles. The number of amides is 5. The highest BCUT2D eigenvalue weighted by Crippen LogP contribution is 2.32. The van der Waals surface area contributed by atoms with Gasteiger partial charge in [0.05, 0.1) is 83.5 Å². The first-order valence-corrected chi connectivity index (χ1v) is 46.9. The Labute approximate surface area is 684 Å². The van der Waals surface area contributed by atoms with Gasteiger partial charge < -0.3 is 26.6 Å². The molecule has 0 aliphatic carbocycles. The van der Waals surface area contributed by atoms with Crippen LogP contribution < -0.4 is 26.6 Å². The SMILES string of the molecule is CCS(=O)(=O)N1CCCC(C(=O)Nc2ccc(Br)c(Cl)c2)C1.CCS(=O)(=O)N1CCCC(C(=O)Nc2ccc(Cl)c(Br)c2)C1.CCS(=O)(=O)N1CCCC(C(=O)Nc2ccc(Cl)c(Cl)c2)C1.CCS(=O)(=O)N1CCCC(C(=O)Nc2ccc(F)c(Cl)c2)C1.CCS(=O)(=O)N1CCCC(C(=O)Nc2ccc(F)c(F)c2)C1. The van der Waals surface area contributed by atoms with Crippen molar-refractivity contribution in [2.75, 3.05) is 121 Å². The molecule has 5 aromatic rings. The Hall–Kier alpha value is -4.80. The van der Waals surface area contributed by atoms with Gasteiger partial charge >= 0.3 is 0 Å². The number of sulfonamides is 5. The highest BCUT2D eigenvalue weighted by molar-refractivity contribution is 9.11. The second-order valence-electron chi connectivity index (χ2n) is 26.1. The fraction of sp³-hybridized carbons (Fsp3) is 0.500. The van der Waals surface area contributed by atoms with Crippen LogP contribution in [0.2, 0.25) is 25.1 Å². The summed E-state index contributed by atoms with van der Waals surface area (Å²) in [5.74, 6) is -5.55. The van der Waals surface area contributed by atoms with Gasteiger partial charge in [-0.3, -0.25) is 24.0 Å². The first-order valence-electron chi connectivity index (χ1n) is 35.3. The van der Waals surface area contributed by atoms with E-state index in [1.165, 1.54) is 45.8 Å². The summed E-state index contributed by atoms with van der Waals surface area (Å²) in [6, 6.07) is 22.2. The van der Waals surface area contributed by atoms with Crippen molar-refractivity contribution < 1.29 is 79.2 Å². The summed E-state index contributed by atoms with van der Waals surface area (Å²) in [4.78, 5) is 61.4. The molecule has 5 atom stereocenters. The Bertz CT molecular complexity index is 4010. The lowest BCUT2D eigenvalue weighted by Gasteiger charge is -2.30. The first-order chi connectivity index (χ1) is 51.7. The van der Waals surface area contributed by atoms with Crippen LogP contribution in [-0.2, 0) is 74.1 Å². The molecule has 5 aliphatic heterocycles. The van der Waals surface area contributed by atoms with Crippen LogP contribution in [0.1, 0.15) is 98.8 Å². The van der Waals surface area contributed by atoms with Crippen molar-refractivity contribution in [1.29, 1.82) is 0 Å². The Morgan fingerprint density at radius 2 is 0.582 bits per heavy atom. The van der Waals surface area contributed by atoms with E-state index in [9.17, 15) is 79.2 Å². The minimum absolute atomic E-state index is 0.00941. The Morgan fingerprint density at radius 3 is 0.855 bits per heavy atom. The van der Waals surface area contributed by atoms with E-state index in [-0.39, 0.29) is 119 Å². The molecule has 5 aliphatic rings. The summed E-state index contributed by atoms with van der Waals surface area (Å²) in [5.41, 5.74) is 2.34. The van der Waals surface area contributed by atoms with Gasteiger partial charge in [0.2, 0.25) is 79.7 Å². The van der Waals surface area contributed by atoms with Crippen LogP contribution in [0.25, 0.3) is 0 Å². The summed E-state index contributed by atoms with van der Waals surface area (Å²) < 4.78 is 167. The van der Waals surface area contributed by atoms with Gasteiger partial charge in [-0.1, -0.05) is 58.0 Å². The topological polar surface area (TPSA) is 332 Å². The summed E-state index contributed by atoms with van der Waals surface area (Å²) >= 11 is 35.9. The second-order valence-corrected chi connectivity index (χ2v) is 41.1. The predicted molar refractivity (Wildman–Crippen MR) is 434 cm³/mol. The van der Waals surface area contributed by atoms with Crippen LogP contribution >= 0.6 is 89.9 Å². The standard InChI is InChI=1S/2C14H18BrClN2O3S.C14H18Cl2N2O3S.C14H18ClFN2O3S.C14H18F2N2O3S/c1-2-22(20,21)18-7-3-4-10(9-18)14(19)17-11-5-6-13(16)12(15)8-11;2*1-2-22(20,21)18-7-3-4-10(9-18)14(19)17-11-5-6-12(15)13(16)8-11;1-2-22(20,21)18-7-3-4-10(9-18)14(19)17-11-5-6-13(16)12(15)8-11;1-2-22(20,21)18-7-3-4-10(9-18)14(19)17-11-5-6-12(15)13(16)8-11/h5*5-6,8,10H,2-4,7,9H2,1H3,(H,17,19). The molecule has 25 nitrogen and oxygen atoms in total. The molecule has 110 heavy (non-hydrogen) atoms. The van der Waals surface area contributed by atoms with Crippen molar-refractivity contribution in [2.45, 2.75) is 98.8 Å². The lowest BCUT2D eigenvalue weighted by Crippen LogP contribution is -2.44. The molecule has 5 amide bonds. The van der Waals surface area contributed by atoms with Crippen molar-refractivity contribution >= 4 is 198 Å². The minimum atomic E-state index is -3.33. The highest BCUT2D eigenvalue weighted by Gasteiger charge is 2.37. The summed E-state index contributed by atoms with van der Waals surface area (Å²) in [6.07, 6.45) is 6.53. The predicted octanol–water partition coefficient (Wildman–Crippen LogP) is 13.6. The van der Waals surface area contributed by atoms with Gasteiger partial charge in [-0.25, -0.2) is 76.8 Å². The van der Waals surface area contributed by atoms with E-state index in [2.05, 4.69) is 58.4 Å². The molecule has 40 heteroatoms. The zero-order valence-electron chi connectivity index (χ0n) is 60.9. The zero-order chi connectivity index (χ0) is 81.6. The van der Waals surface area contributed by atoms with Crippen molar-refractivity contribution in [1.82, 2.24) is 21.5 Å². The number of carbonyl (C=O) groups is 5. The van der Waals surface area contributed by atoms with Gasteiger partial charge in [-0.15, -0.1) is 0 Å². The molecule has 5 saturated heterocycles. The molecular weight excluding hydrogens is 1780 g/mol. The second kappa shape index (κ2) is 43.2. The maximum atomic E-state index is 13.1. The number of nitrogens with zero attached hydrogens (tertiary/aromatic N) is 5. The van der Waals surface area contributed by atoms with Crippen molar-refractivity contribution in [3.63, 3.8) is 0 Å². The summed E-state index contributed by atoms with van der Waals surface area (Å²) in [5, 5.41) is 15.3. The summed E-state index contributed by atoms with van der Waals surface area (Å²) in [6.45, 7) is 11.3. The average molecular weight is 1870 g/mol. The van der Waals surface area contributed by atoms with Crippen LogP contribution in [-0.4, -0.2) is 187 Å². The molecule has 0 spiro atoms. The highest BCUT2D eigenvalue weighted by atomic mass is 79.9. The van der Waals surface area contributed by atoms with E-state index in [1.807, 2.05) is 0 Å². The molecule has 0 bridgehead atoms. The van der Waals surface area contributed by atoms with Gasteiger partial charge in [-0.2, -0.15) is 0 Å². The van der Waals surface area contributed by atoms with Crippen molar-refractivity contribution in [3.8, 4) is 0 Å². The fourth-order valence-corrected chi connectivity index (χ4v) is 19.3.